The SMILES string of the molecule is C=CCCCOc1cc(OCC(C)CC)ccc1C(=O)Oc1ccc(C(=O)Oc2ccc(-c3ccc(OCCCCCCCC)cc3)cc2)cc1. The second-order valence-corrected chi connectivity index (χ2v) is 12.7. The van der Waals surface area contributed by atoms with E-state index in [2.05, 4.69) is 27.4 Å². The van der Waals surface area contributed by atoms with Crippen molar-refractivity contribution in [3.05, 3.63) is 115 Å². The first-order chi connectivity index (χ1) is 24.9. The van der Waals surface area contributed by atoms with Crippen LogP contribution in [0.15, 0.2) is 104 Å². The molecule has 270 valence electrons. The van der Waals surface area contributed by atoms with E-state index < -0.39 is 11.9 Å². The zero-order valence-electron chi connectivity index (χ0n) is 30.4. The number of hydrogen-bond donors (Lipinski definition) is 0. The van der Waals surface area contributed by atoms with Gasteiger partial charge in [-0.15, -0.1) is 6.58 Å². The molecule has 1 unspecified atom stereocenters. The first-order valence-electron chi connectivity index (χ1n) is 18.3. The van der Waals surface area contributed by atoms with Crippen LogP contribution in [0, 0.1) is 5.92 Å². The molecule has 7 nitrogen and oxygen atoms in total. The lowest BCUT2D eigenvalue weighted by molar-refractivity contribution is 0.0727. The van der Waals surface area contributed by atoms with Crippen LogP contribution in [0.1, 0.15) is 99.3 Å². The van der Waals surface area contributed by atoms with Crippen molar-refractivity contribution in [2.24, 2.45) is 5.92 Å². The maximum atomic E-state index is 13.2. The van der Waals surface area contributed by atoms with E-state index in [1.54, 1.807) is 54.6 Å². The third kappa shape index (κ3) is 13.0. The van der Waals surface area contributed by atoms with Gasteiger partial charge in [0.25, 0.3) is 0 Å². The molecular weight excluding hydrogens is 640 g/mol. The van der Waals surface area contributed by atoms with Crippen LogP contribution >= 0.6 is 0 Å². The van der Waals surface area contributed by atoms with Gasteiger partial charge in [-0.2, -0.15) is 0 Å². The molecule has 0 radical (unpaired) electrons. The fraction of sp³-hybridized carbons (Fsp3) is 0.364. The van der Waals surface area contributed by atoms with Crippen molar-refractivity contribution in [1.82, 2.24) is 0 Å². The highest BCUT2D eigenvalue weighted by Gasteiger charge is 2.18. The quantitative estimate of drug-likeness (QED) is 0.0351. The van der Waals surface area contributed by atoms with E-state index in [4.69, 9.17) is 23.7 Å². The monoisotopic (exact) mass is 692 g/mol. The first-order valence-corrected chi connectivity index (χ1v) is 18.3. The maximum Gasteiger partial charge on any atom is 0.347 e. The Kier molecular flexibility index (Phi) is 16.1. The summed E-state index contributed by atoms with van der Waals surface area (Å²) in [5, 5.41) is 0. The van der Waals surface area contributed by atoms with Gasteiger partial charge < -0.3 is 23.7 Å². The summed E-state index contributed by atoms with van der Waals surface area (Å²) < 4.78 is 29.0. The van der Waals surface area contributed by atoms with Gasteiger partial charge in [0.15, 0.2) is 0 Å². The summed E-state index contributed by atoms with van der Waals surface area (Å²) in [5.74, 6) is 1.90. The lowest BCUT2D eigenvalue weighted by Crippen LogP contribution is -2.13. The molecule has 0 amide bonds. The summed E-state index contributed by atoms with van der Waals surface area (Å²) >= 11 is 0. The van der Waals surface area contributed by atoms with Crippen molar-refractivity contribution in [1.29, 1.82) is 0 Å². The lowest BCUT2D eigenvalue weighted by atomic mass is 10.1. The van der Waals surface area contributed by atoms with Crippen LogP contribution in [0.4, 0.5) is 0 Å². The van der Waals surface area contributed by atoms with E-state index in [0.717, 1.165) is 49.2 Å². The molecule has 4 aromatic rings. The van der Waals surface area contributed by atoms with Crippen LogP contribution in [0.5, 0.6) is 28.7 Å². The number of rotatable bonds is 22. The number of allylic oxidation sites excluding steroid dienone is 1. The minimum Gasteiger partial charge on any atom is -0.494 e. The van der Waals surface area contributed by atoms with Gasteiger partial charge in [0.1, 0.15) is 34.3 Å². The third-order valence-corrected chi connectivity index (χ3v) is 8.53. The van der Waals surface area contributed by atoms with Crippen molar-refractivity contribution in [2.75, 3.05) is 19.8 Å². The van der Waals surface area contributed by atoms with Crippen molar-refractivity contribution >= 4 is 11.9 Å². The molecule has 51 heavy (non-hydrogen) atoms. The molecule has 0 spiro atoms. The van der Waals surface area contributed by atoms with Crippen LogP contribution in [-0.4, -0.2) is 31.8 Å². The van der Waals surface area contributed by atoms with Gasteiger partial charge in [-0.25, -0.2) is 9.59 Å². The topological polar surface area (TPSA) is 80.3 Å². The molecule has 1 atom stereocenters. The lowest BCUT2D eigenvalue weighted by Gasteiger charge is -2.15. The second-order valence-electron chi connectivity index (χ2n) is 12.7. The molecule has 0 aliphatic carbocycles. The summed E-state index contributed by atoms with van der Waals surface area (Å²) in [6.45, 7) is 11.9. The zero-order valence-corrected chi connectivity index (χ0v) is 30.4. The number of benzene rings is 4. The molecule has 0 aliphatic rings. The van der Waals surface area contributed by atoms with Crippen molar-refractivity contribution in [3.8, 4) is 39.9 Å². The Labute approximate surface area is 303 Å². The van der Waals surface area contributed by atoms with Crippen molar-refractivity contribution in [2.45, 2.75) is 78.6 Å². The second kappa shape index (κ2) is 21.2. The summed E-state index contributed by atoms with van der Waals surface area (Å²) in [4.78, 5) is 26.1. The fourth-order valence-corrected chi connectivity index (χ4v) is 5.17. The molecule has 0 bridgehead atoms. The van der Waals surface area contributed by atoms with E-state index in [0.29, 0.717) is 41.9 Å². The standard InChI is InChI=1S/C44H52O7/c1-5-8-10-11-12-14-29-47-37-21-15-34(16-22-37)35-17-23-38(24-18-35)50-43(45)36-19-25-39(26-20-36)51-44(46)41-28-27-40(49-32-33(4)7-3)31-42(41)48-30-13-9-6-2/h6,15-28,31,33H,2,5,7-14,29-30,32H2,1,3-4H3. The average Bonchev–Trinajstić information content (AvgIpc) is 3.16. The van der Waals surface area contributed by atoms with Gasteiger partial charge in [0.2, 0.25) is 0 Å². The minimum absolute atomic E-state index is 0.282. The highest BCUT2D eigenvalue weighted by Crippen LogP contribution is 2.29. The summed E-state index contributed by atoms with van der Waals surface area (Å²) in [7, 11) is 0. The van der Waals surface area contributed by atoms with Crippen LogP contribution in [0.2, 0.25) is 0 Å². The highest BCUT2D eigenvalue weighted by molar-refractivity contribution is 5.95. The smallest absolute Gasteiger partial charge is 0.347 e. The molecule has 4 aromatic carbocycles. The molecule has 7 heteroatoms. The number of esters is 2. The Bertz CT molecular complexity index is 1640. The van der Waals surface area contributed by atoms with E-state index in [9.17, 15) is 9.59 Å². The first kappa shape index (κ1) is 38.8. The van der Waals surface area contributed by atoms with Crippen LogP contribution in [0.3, 0.4) is 0 Å². The summed E-state index contributed by atoms with van der Waals surface area (Å²) in [5.41, 5.74) is 2.65. The predicted molar refractivity (Wildman–Crippen MR) is 203 cm³/mol. The van der Waals surface area contributed by atoms with Crippen LogP contribution < -0.4 is 23.7 Å². The Balaban J connectivity index is 1.29. The van der Waals surface area contributed by atoms with Crippen LogP contribution in [-0.2, 0) is 0 Å². The molecule has 0 N–H and O–H groups in total. The number of carbonyl (C=O) groups is 2. The van der Waals surface area contributed by atoms with Gasteiger partial charge in [0, 0.05) is 6.07 Å². The van der Waals surface area contributed by atoms with Crippen LogP contribution in [0.25, 0.3) is 11.1 Å². The van der Waals surface area contributed by atoms with E-state index in [-0.39, 0.29) is 11.3 Å². The fourth-order valence-electron chi connectivity index (χ4n) is 5.17. The van der Waals surface area contributed by atoms with Gasteiger partial charge in [-0.1, -0.05) is 89.6 Å². The molecule has 0 saturated heterocycles. The highest BCUT2D eigenvalue weighted by atomic mass is 16.5. The molecule has 0 heterocycles. The van der Waals surface area contributed by atoms with Crippen molar-refractivity contribution in [3.63, 3.8) is 0 Å². The molecule has 0 aliphatic heterocycles. The summed E-state index contributed by atoms with van der Waals surface area (Å²) in [6.07, 6.45) is 11.8. The maximum absolute atomic E-state index is 13.2. The van der Waals surface area contributed by atoms with Gasteiger partial charge >= 0.3 is 11.9 Å². The van der Waals surface area contributed by atoms with E-state index >= 15 is 0 Å². The number of unbranched alkanes of at least 4 members (excludes halogenated alkanes) is 6. The molecule has 0 aromatic heterocycles. The van der Waals surface area contributed by atoms with E-state index in [1.807, 2.05) is 42.5 Å². The Morgan fingerprint density at radius 1 is 0.627 bits per heavy atom. The largest absolute Gasteiger partial charge is 0.494 e. The van der Waals surface area contributed by atoms with Gasteiger partial charge in [-0.05, 0) is 97.0 Å². The molecular formula is C44H52O7. The Morgan fingerprint density at radius 2 is 1.20 bits per heavy atom. The minimum atomic E-state index is -0.576. The molecule has 0 saturated carbocycles. The average molecular weight is 693 g/mol. The predicted octanol–water partition coefficient (Wildman–Crippen LogP) is 11.3. The number of hydrogen-bond acceptors (Lipinski definition) is 7. The zero-order chi connectivity index (χ0) is 36.3. The van der Waals surface area contributed by atoms with Crippen molar-refractivity contribution < 1.29 is 33.3 Å². The molecule has 4 rings (SSSR count). The Hall–Kier alpha value is -5.04. The molecule has 0 fully saturated rings. The number of carbonyl (C=O) groups excluding carboxylic acids is 2. The van der Waals surface area contributed by atoms with Gasteiger partial charge in [0.05, 0.1) is 25.4 Å². The van der Waals surface area contributed by atoms with Gasteiger partial charge in [-0.3, -0.25) is 0 Å². The third-order valence-electron chi connectivity index (χ3n) is 8.53. The normalized spacial score (nSPS) is 11.4. The Morgan fingerprint density at radius 3 is 1.84 bits per heavy atom. The summed E-state index contributed by atoms with van der Waals surface area (Å²) in [6, 6.07) is 26.8. The number of ether oxygens (including phenoxy) is 5. The van der Waals surface area contributed by atoms with E-state index in [1.165, 1.54) is 32.1 Å².